The fourth-order valence-electron chi connectivity index (χ4n) is 5.52. The first-order chi connectivity index (χ1) is 19.5. The Morgan fingerprint density at radius 1 is 1.12 bits per heavy atom. The molecule has 9 heteroatoms. The number of carbonyl (C=O) groups is 2. The summed E-state index contributed by atoms with van der Waals surface area (Å²) in [5, 5.41) is 14.3. The lowest BCUT2D eigenvalue weighted by molar-refractivity contribution is -0.137. The van der Waals surface area contributed by atoms with Crippen LogP contribution in [0.4, 0.5) is 18.0 Å². The van der Waals surface area contributed by atoms with E-state index in [1.165, 1.54) is 23.2 Å². The first-order valence-electron chi connectivity index (χ1n) is 14.3. The van der Waals surface area contributed by atoms with Gasteiger partial charge in [-0.25, -0.2) is 4.79 Å². The third-order valence-corrected chi connectivity index (χ3v) is 7.78. The second-order valence-corrected chi connectivity index (χ2v) is 11.0. The van der Waals surface area contributed by atoms with Crippen molar-refractivity contribution in [1.29, 1.82) is 0 Å². The van der Waals surface area contributed by atoms with Crippen molar-refractivity contribution < 1.29 is 27.9 Å². The highest BCUT2D eigenvalue weighted by atomic mass is 19.4. The van der Waals surface area contributed by atoms with Gasteiger partial charge in [0.25, 0.3) is 0 Å². The van der Waals surface area contributed by atoms with E-state index in [-0.39, 0.29) is 24.3 Å². The highest BCUT2D eigenvalue weighted by Gasteiger charge is 2.31. The number of hydrogen-bond donors (Lipinski definition) is 1. The summed E-state index contributed by atoms with van der Waals surface area (Å²) in [6.07, 6.45) is 7.12. The first kappa shape index (κ1) is 30.5. The largest absolute Gasteiger partial charge is 0.416 e. The molecule has 1 unspecified atom stereocenters. The van der Waals surface area contributed by atoms with Crippen LogP contribution in [0.25, 0.3) is 11.1 Å². The number of rotatable bonds is 6. The number of amides is 1. The van der Waals surface area contributed by atoms with Gasteiger partial charge in [0.2, 0.25) is 0 Å². The summed E-state index contributed by atoms with van der Waals surface area (Å²) < 4.78 is 42.0. The van der Waals surface area contributed by atoms with Crippen LogP contribution in [0.1, 0.15) is 87.1 Å². The van der Waals surface area contributed by atoms with Crippen molar-refractivity contribution in [2.75, 3.05) is 13.1 Å². The minimum atomic E-state index is -4.42. The van der Waals surface area contributed by atoms with E-state index in [4.69, 9.17) is 0 Å². The molecule has 2 heterocycles. The van der Waals surface area contributed by atoms with Crippen molar-refractivity contribution in [1.82, 2.24) is 14.7 Å². The van der Waals surface area contributed by atoms with Gasteiger partial charge >= 0.3 is 12.2 Å². The Morgan fingerprint density at radius 2 is 1.93 bits per heavy atom. The molecule has 1 atom stereocenters. The molecule has 0 saturated carbocycles. The number of Topliss-reactive ketones (excluding diaryl/α,β-unsaturated/α-hetero) is 1. The van der Waals surface area contributed by atoms with E-state index < -0.39 is 11.7 Å². The molecule has 0 spiro atoms. The molecule has 220 valence electrons. The van der Waals surface area contributed by atoms with E-state index in [1.807, 2.05) is 6.08 Å². The Hall–Kier alpha value is -3.46. The van der Waals surface area contributed by atoms with Crippen molar-refractivity contribution in [2.24, 2.45) is 0 Å². The molecule has 6 nitrogen and oxygen atoms in total. The molecule has 4 rings (SSSR count). The number of aliphatic hydroxyl groups excluding tert-OH is 1. The normalized spacial score (nSPS) is 19.7. The number of likely N-dealkylation sites (tertiary alicyclic amines) is 1. The molecule has 1 aromatic carbocycles. The van der Waals surface area contributed by atoms with Gasteiger partial charge < -0.3 is 10.0 Å². The number of allylic oxidation sites excluding steroid dienone is 4. The summed E-state index contributed by atoms with van der Waals surface area (Å²) in [6.45, 7) is 6.46. The molecule has 0 radical (unpaired) electrons. The molecular weight excluding hydrogens is 531 g/mol. The number of benzene rings is 1. The fourth-order valence-corrected chi connectivity index (χ4v) is 5.52. The Balaban J connectivity index is 1.46. The van der Waals surface area contributed by atoms with Crippen molar-refractivity contribution in [3.05, 3.63) is 77.2 Å². The van der Waals surface area contributed by atoms with Crippen LogP contribution in [-0.4, -0.2) is 50.8 Å². The zero-order valence-electron chi connectivity index (χ0n) is 23.6. The Bertz CT molecular complexity index is 1340. The summed E-state index contributed by atoms with van der Waals surface area (Å²) in [4.78, 5) is 26.2. The minimum Gasteiger partial charge on any atom is -0.393 e. The predicted molar refractivity (Wildman–Crippen MR) is 153 cm³/mol. The molecule has 41 heavy (non-hydrogen) atoms. The van der Waals surface area contributed by atoms with Crippen molar-refractivity contribution in [3.63, 3.8) is 0 Å². The van der Waals surface area contributed by atoms with Crippen molar-refractivity contribution >= 4 is 23.0 Å². The van der Waals surface area contributed by atoms with Crippen molar-refractivity contribution in [2.45, 2.75) is 83.4 Å². The van der Waals surface area contributed by atoms with E-state index in [1.54, 1.807) is 23.2 Å². The van der Waals surface area contributed by atoms with Crippen LogP contribution >= 0.6 is 0 Å². The summed E-state index contributed by atoms with van der Waals surface area (Å²) in [5.74, 6) is -0.0209. The van der Waals surface area contributed by atoms with Crippen LogP contribution in [0.2, 0.25) is 0 Å². The summed E-state index contributed by atoms with van der Waals surface area (Å²) in [5.41, 5.74) is 4.02. The maximum atomic E-state index is 13.6. The minimum absolute atomic E-state index is 0.0209. The summed E-state index contributed by atoms with van der Waals surface area (Å²) >= 11 is 0. The number of carbonyl (C=O) groups excluding carboxylic acids is 2. The smallest absolute Gasteiger partial charge is 0.393 e. The third-order valence-electron chi connectivity index (χ3n) is 7.78. The number of alkyl halides is 3. The van der Waals surface area contributed by atoms with Gasteiger partial charge in [-0.15, -0.1) is 0 Å². The first-order valence-corrected chi connectivity index (χ1v) is 14.3. The zero-order valence-corrected chi connectivity index (χ0v) is 23.6. The molecule has 1 fully saturated rings. The molecule has 1 amide bonds. The molecule has 1 aliphatic heterocycles. The van der Waals surface area contributed by atoms with E-state index >= 15 is 0 Å². The standard InChI is InChI=1S/C32H38F3N3O3/c1-22(20-23(2)39)30-16-19-38(36-30)31(41)37-17-5-6-24(15-18-37)11-12-26-13-14-27(32(33,34)35)21-29(26)25-7-3-9-28(40)10-4-8-25/h7,11,13-14,16,19,21,28,40H,1,3-6,8-10,12,15,17-18,20H2,2H3/b24-11-,25-7?. The monoisotopic (exact) mass is 569 g/mol. The van der Waals surface area contributed by atoms with Crippen LogP contribution in [-0.2, 0) is 17.4 Å². The van der Waals surface area contributed by atoms with Gasteiger partial charge in [0.05, 0.1) is 17.4 Å². The summed E-state index contributed by atoms with van der Waals surface area (Å²) in [6, 6.07) is 5.46. The second kappa shape index (κ2) is 13.5. The number of halogens is 3. The molecule has 0 bridgehead atoms. The molecule has 1 aromatic heterocycles. The van der Waals surface area contributed by atoms with Gasteiger partial charge in [0.15, 0.2) is 0 Å². The highest BCUT2D eigenvalue weighted by Crippen LogP contribution is 2.35. The molecule has 1 saturated heterocycles. The van der Waals surface area contributed by atoms with Crippen LogP contribution in [0.15, 0.2) is 54.8 Å². The number of hydrogen-bond acceptors (Lipinski definition) is 4. The Labute approximate surface area is 239 Å². The SMILES string of the molecule is C=C(CC(C)=O)c1ccn(C(=O)N2CCC/C(=C/Cc3ccc(C(F)(F)F)cc3C3=CCCC(O)CCC3)CC2)n1. The second-order valence-electron chi connectivity index (χ2n) is 11.0. The molecule has 2 aliphatic rings. The highest BCUT2D eigenvalue weighted by molar-refractivity contribution is 5.87. The van der Waals surface area contributed by atoms with Gasteiger partial charge in [-0.3, -0.25) is 4.79 Å². The average Bonchev–Trinajstić information content (AvgIpc) is 3.28. The molecule has 1 aliphatic carbocycles. The number of nitrogens with zero attached hydrogens (tertiary/aromatic N) is 3. The van der Waals surface area contributed by atoms with Crippen LogP contribution in [0, 0.1) is 0 Å². The van der Waals surface area contributed by atoms with E-state index in [2.05, 4.69) is 17.8 Å². The lowest BCUT2D eigenvalue weighted by Crippen LogP contribution is -2.35. The van der Waals surface area contributed by atoms with Gasteiger partial charge in [-0.05, 0) is 105 Å². The fraction of sp³-hybridized carbons (Fsp3) is 0.469. The Morgan fingerprint density at radius 3 is 2.68 bits per heavy atom. The topological polar surface area (TPSA) is 75.4 Å². The zero-order chi connectivity index (χ0) is 29.6. The third kappa shape index (κ3) is 8.28. The van der Waals surface area contributed by atoms with E-state index in [0.717, 1.165) is 36.5 Å². The number of aromatic nitrogens is 2. The van der Waals surface area contributed by atoms with Gasteiger partial charge in [0.1, 0.15) is 5.78 Å². The maximum absolute atomic E-state index is 13.6. The van der Waals surface area contributed by atoms with Gasteiger partial charge in [-0.1, -0.05) is 30.4 Å². The predicted octanol–water partition coefficient (Wildman–Crippen LogP) is 7.23. The van der Waals surface area contributed by atoms with Crippen molar-refractivity contribution in [3.8, 4) is 0 Å². The number of ketones is 1. The van der Waals surface area contributed by atoms with Gasteiger partial charge in [-0.2, -0.15) is 23.0 Å². The number of aliphatic hydroxyl groups is 1. The average molecular weight is 570 g/mol. The van der Waals surface area contributed by atoms with E-state index in [0.29, 0.717) is 68.4 Å². The van der Waals surface area contributed by atoms with Crippen LogP contribution in [0.3, 0.4) is 0 Å². The lowest BCUT2D eigenvalue weighted by atomic mass is 9.88. The van der Waals surface area contributed by atoms with Gasteiger partial charge in [0, 0.05) is 25.7 Å². The molecule has 2 aromatic rings. The maximum Gasteiger partial charge on any atom is 0.416 e. The Kier molecular flexibility index (Phi) is 10.0. The molecular formula is C32H38F3N3O3. The molecule has 1 N–H and O–H groups in total. The quantitative estimate of drug-likeness (QED) is 0.373. The van der Waals surface area contributed by atoms with Crippen LogP contribution in [0.5, 0.6) is 0 Å². The van der Waals surface area contributed by atoms with Crippen LogP contribution < -0.4 is 0 Å². The van der Waals surface area contributed by atoms with E-state index in [9.17, 15) is 27.9 Å². The summed E-state index contributed by atoms with van der Waals surface area (Å²) in [7, 11) is 0. The lowest BCUT2D eigenvalue weighted by Gasteiger charge is -2.20.